The Labute approximate surface area is 135 Å². The van der Waals surface area contributed by atoms with Crippen LogP contribution in [0.15, 0.2) is 28.7 Å². The number of nitrogens with one attached hydrogen (secondary N) is 2. The molecule has 0 spiro atoms. The highest BCUT2D eigenvalue weighted by atomic mass is 79.9. The average Bonchev–Trinajstić information content (AvgIpc) is 3.02. The first-order valence-electron chi connectivity index (χ1n) is 8.28. The Morgan fingerprint density at radius 3 is 2.38 bits per heavy atom. The SMILES string of the molecule is C[NH+]1C2CCC1CC([NH+]1CCOC1c1ccc(Br)cc1)C2. The van der Waals surface area contributed by atoms with Crippen LogP contribution in [-0.2, 0) is 4.74 Å². The van der Waals surface area contributed by atoms with E-state index in [1.807, 2.05) is 0 Å². The van der Waals surface area contributed by atoms with Crippen molar-refractivity contribution in [2.24, 2.45) is 0 Å². The van der Waals surface area contributed by atoms with Gasteiger partial charge in [-0.25, -0.2) is 0 Å². The fourth-order valence-electron chi connectivity index (χ4n) is 4.78. The maximum atomic E-state index is 6.10. The molecule has 0 saturated carbocycles. The van der Waals surface area contributed by atoms with E-state index in [0.29, 0.717) is 0 Å². The number of hydrogen-bond donors (Lipinski definition) is 2. The lowest BCUT2D eigenvalue weighted by Gasteiger charge is -2.37. The van der Waals surface area contributed by atoms with Gasteiger partial charge in [-0.15, -0.1) is 0 Å². The Kier molecular flexibility index (Phi) is 3.82. The smallest absolute Gasteiger partial charge is 0.219 e. The number of piperidine rings is 1. The molecule has 0 aromatic heterocycles. The number of quaternary nitrogens is 2. The first kappa shape index (κ1) is 14.2. The van der Waals surface area contributed by atoms with Gasteiger partial charge >= 0.3 is 0 Å². The van der Waals surface area contributed by atoms with Crippen molar-refractivity contribution in [3.05, 3.63) is 34.3 Å². The molecule has 0 amide bonds. The number of benzene rings is 1. The van der Waals surface area contributed by atoms with Crippen molar-refractivity contribution >= 4 is 15.9 Å². The van der Waals surface area contributed by atoms with Crippen molar-refractivity contribution in [3.8, 4) is 0 Å². The van der Waals surface area contributed by atoms with E-state index in [1.165, 1.54) is 37.8 Å². The molecule has 0 aliphatic carbocycles. The molecule has 4 atom stereocenters. The van der Waals surface area contributed by atoms with Crippen LogP contribution in [0.25, 0.3) is 0 Å². The van der Waals surface area contributed by atoms with Crippen molar-refractivity contribution in [1.29, 1.82) is 0 Å². The van der Waals surface area contributed by atoms with Gasteiger partial charge in [0.2, 0.25) is 6.23 Å². The molecule has 3 aliphatic rings. The van der Waals surface area contributed by atoms with Gasteiger partial charge in [0, 0.05) is 22.9 Å². The summed E-state index contributed by atoms with van der Waals surface area (Å²) in [5, 5.41) is 0. The molecule has 3 nitrogen and oxygen atoms in total. The largest absolute Gasteiger partial charge is 0.332 e. The van der Waals surface area contributed by atoms with Gasteiger partial charge in [-0.3, -0.25) is 0 Å². The molecular weight excluding hydrogens is 328 g/mol. The van der Waals surface area contributed by atoms with E-state index < -0.39 is 0 Å². The molecule has 0 radical (unpaired) electrons. The quantitative estimate of drug-likeness (QED) is 0.796. The number of rotatable bonds is 2. The van der Waals surface area contributed by atoms with Crippen LogP contribution in [-0.4, -0.2) is 38.3 Å². The predicted molar refractivity (Wildman–Crippen MR) is 85.4 cm³/mol. The minimum Gasteiger partial charge on any atom is -0.332 e. The van der Waals surface area contributed by atoms with E-state index in [9.17, 15) is 0 Å². The molecule has 114 valence electrons. The molecule has 1 aromatic carbocycles. The average molecular weight is 353 g/mol. The first-order chi connectivity index (χ1) is 10.2. The molecule has 1 aromatic rings. The third-order valence-corrected chi connectivity index (χ3v) is 6.53. The normalized spacial score (nSPS) is 42.4. The minimum atomic E-state index is 0.251. The van der Waals surface area contributed by atoms with Crippen LogP contribution in [0.2, 0.25) is 0 Å². The monoisotopic (exact) mass is 352 g/mol. The minimum absolute atomic E-state index is 0.251. The van der Waals surface area contributed by atoms with Crippen LogP contribution < -0.4 is 9.80 Å². The Hall–Kier alpha value is -0.420. The lowest BCUT2D eigenvalue weighted by Crippen LogP contribution is -3.21. The first-order valence-corrected chi connectivity index (χ1v) is 9.07. The molecule has 2 bridgehead atoms. The number of halogens is 1. The van der Waals surface area contributed by atoms with E-state index in [0.717, 1.165) is 29.2 Å². The summed E-state index contributed by atoms with van der Waals surface area (Å²) < 4.78 is 7.25. The highest BCUT2D eigenvalue weighted by Crippen LogP contribution is 2.24. The van der Waals surface area contributed by atoms with Gasteiger partial charge in [0.25, 0.3) is 0 Å². The molecule has 3 heterocycles. The molecule has 3 aliphatic heterocycles. The van der Waals surface area contributed by atoms with Crippen LogP contribution in [0, 0.1) is 0 Å². The van der Waals surface area contributed by atoms with Gasteiger partial charge in [-0.2, -0.15) is 0 Å². The van der Waals surface area contributed by atoms with Crippen LogP contribution >= 0.6 is 15.9 Å². The molecule has 4 heteroatoms. The Bertz CT molecular complexity index is 492. The van der Waals surface area contributed by atoms with Crippen molar-refractivity contribution in [3.63, 3.8) is 0 Å². The molecule has 4 unspecified atom stereocenters. The number of ether oxygens (including phenoxy) is 1. The third kappa shape index (κ3) is 2.56. The van der Waals surface area contributed by atoms with Crippen molar-refractivity contribution in [2.45, 2.75) is 50.0 Å². The van der Waals surface area contributed by atoms with E-state index in [-0.39, 0.29) is 6.23 Å². The Morgan fingerprint density at radius 2 is 1.71 bits per heavy atom. The molecule has 21 heavy (non-hydrogen) atoms. The predicted octanol–water partition coefficient (Wildman–Crippen LogP) is 0.571. The summed E-state index contributed by atoms with van der Waals surface area (Å²) in [7, 11) is 2.40. The van der Waals surface area contributed by atoms with Gasteiger partial charge in [0.1, 0.15) is 19.2 Å². The molecule has 2 N–H and O–H groups in total. The summed E-state index contributed by atoms with van der Waals surface area (Å²) in [4.78, 5) is 3.48. The van der Waals surface area contributed by atoms with Gasteiger partial charge in [0.05, 0.1) is 32.0 Å². The van der Waals surface area contributed by atoms with Crippen LogP contribution in [0.1, 0.15) is 37.5 Å². The van der Waals surface area contributed by atoms with E-state index >= 15 is 0 Å². The molecule has 3 saturated heterocycles. The van der Waals surface area contributed by atoms with Crippen molar-refractivity contribution < 1.29 is 14.5 Å². The van der Waals surface area contributed by atoms with Crippen molar-refractivity contribution in [2.75, 3.05) is 20.2 Å². The zero-order chi connectivity index (χ0) is 14.4. The van der Waals surface area contributed by atoms with E-state index in [4.69, 9.17) is 4.74 Å². The Morgan fingerprint density at radius 1 is 1.05 bits per heavy atom. The van der Waals surface area contributed by atoms with E-state index in [2.05, 4.69) is 47.2 Å². The summed E-state index contributed by atoms with van der Waals surface area (Å²) in [5.41, 5.74) is 1.34. The summed E-state index contributed by atoms with van der Waals surface area (Å²) in [5.74, 6) is 0. The van der Waals surface area contributed by atoms with Gasteiger partial charge in [0.15, 0.2) is 0 Å². The lowest BCUT2D eigenvalue weighted by molar-refractivity contribution is -0.984. The molecule has 3 fully saturated rings. The Balaban J connectivity index is 1.53. The second kappa shape index (κ2) is 5.65. The van der Waals surface area contributed by atoms with E-state index in [1.54, 1.807) is 9.80 Å². The second-order valence-electron chi connectivity index (χ2n) is 7.01. The zero-order valence-electron chi connectivity index (χ0n) is 12.6. The summed E-state index contributed by atoms with van der Waals surface area (Å²) in [6.07, 6.45) is 5.89. The highest BCUT2D eigenvalue weighted by molar-refractivity contribution is 9.10. The fourth-order valence-corrected chi connectivity index (χ4v) is 5.05. The summed E-state index contributed by atoms with van der Waals surface area (Å²) >= 11 is 3.53. The molecular formula is C17H25BrN2O+2. The summed E-state index contributed by atoms with van der Waals surface area (Å²) in [6, 6.07) is 11.3. The maximum Gasteiger partial charge on any atom is 0.219 e. The second-order valence-corrected chi connectivity index (χ2v) is 7.93. The standard InChI is InChI=1S/C17H23BrN2O/c1-19-14-6-7-15(19)11-16(10-14)20-8-9-21-17(20)12-2-4-13(18)5-3-12/h2-5,14-17H,6-11H2,1H3/p+2. The van der Waals surface area contributed by atoms with Crippen LogP contribution in [0.3, 0.4) is 0 Å². The zero-order valence-corrected chi connectivity index (χ0v) is 14.2. The van der Waals surface area contributed by atoms with Crippen LogP contribution in [0.5, 0.6) is 0 Å². The van der Waals surface area contributed by atoms with Gasteiger partial charge in [-0.05, 0) is 24.3 Å². The topological polar surface area (TPSA) is 18.1 Å². The molecule has 4 rings (SSSR count). The number of fused-ring (bicyclic) bond motifs is 2. The van der Waals surface area contributed by atoms with Crippen molar-refractivity contribution in [1.82, 2.24) is 0 Å². The number of hydrogen-bond acceptors (Lipinski definition) is 1. The maximum absolute atomic E-state index is 6.10. The van der Waals surface area contributed by atoms with Gasteiger partial charge < -0.3 is 14.5 Å². The summed E-state index contributed by atoms with van der Waals surface area (Å²) in [6.45, 7) is 2.08. The third-order valence-electron chi connectivity index (χ3n) is 6.00. The van der Waals surface area contributed by atoms with Gasteiger partial charge in [-0.1, -0.05) is 15.9 Å². The van der Waals surface area contributed by atoms with Crippen LogP contribution in [0.4, 0.5) is 0 Å². The fraction of sp³-hybridized carbons (Fsp3) is 0.647. The lowest BCUT2D eigenvalue weighted by atomic mass is 9.96. The highest BCUT2D eigenvalue weighted by Gasteiger charge is 2.48.